The lowest BCUT2D eigenvalue weighted by Gasteiger charge is -2.34. The van der Waals surface area contributed by atoms with E-state index < -0.39 is 0 Å². The van der Waals surface area contributed by atoms with E-state index in [2.05, 4.69) is 25.9 Å². The van der Waals surface area contributed by atoms with E-state index in [-0.39, 0.29) is 0 Å². The van der Waals surface area contributed by atoms with Crippen LogP contribution in [-0.2, 0) is 9.53 Å². The van der Waals surface area contributed by atoms with Crippen LogP contribution >= 0.6 is 0 Å². The molecular formula is C23H29N5O2. The topological polar surface area (TPSA) is 74.3 Å². The molecule has 0 spiro atoms. The monoisotopic (exact) mass is 407 g/mol. The number of carbonyl (C=O) groups excluding carboxylic acids is 1. The number of hydrogen-bond acceptors (Lipinski definition) is 5. The van der Waals surface area contributed by atoms with Crippen LogP contribution in [0.3, 0.4) is 0 Å². The number of pyridine rings is 2. The van der Waals surface area contributed by atoms with Crippen LogP contribution in [0.25, 0.3) is 21.9 Å². The fraction of sp³-hybridized carbons (Fsp3) is 0.522. The number of aromatic amines is 1. The van der Waals surface area contributed by atoms with Gasteiger partial charge in [-0.3, -0.25) is 4.79 Å². The Morgan fingerprint density at radius 1 is 1.17 bits per heavy atom. The minimum atomic E-state index is 0.322. The maximum absolute atomic E-state index is 12.8. The highest BCUT2D eigenvalue weighted by Gasteiger charge is 2.29. The first-order valence-corrected chi connectivity index (χ1v) is 11.0. The van der Waals surface area contributed by atoms with Crippen LogP contribution in [0.15, 0.2) is 30.7 Å². The zero-order valence-corrected chi connectivity index (χ0v) is 17.5. The summed E-state index contributed by atoms with van der Waals surface area (Å²) in [6.45, 7) is 4.45. The summed E-state index contributed by atoms with van der Waals surface area (Å²) in [5.41, 5.74) is 3.06. The van der Waals surface area contributed by atoms with E-state index in [9.17, 15) is 4.79 Å². The van der Waals surface area contributed by atoms with E-state index in [1.807, 2.05) is 29.6 Å². The van der Waals surface area contributed by atoms with Gasteiger partial charge in [0.2, 0.25) is 5.91 Å². The van der Waals surface area contributed by atoms with Gasteiger partial charge in [-0.15, -0.1) is 0 Å². The second-order valence-corrected chi connectivity index (χ2v) is 8.68. The molecule has 0 saturated carbocycles. The van der Waals surface area contributed by atoms with E-state index in [0.29, 0.717) is 24.2 Å². The maximum atomic E-state index is 12.8. The molecule has 158 valence electrons. The van der Waals surface area contributed by atoms with E-state index >= 15 is 0 Å². The van der Waals surface area contributed by atoms with Gasteiger partial charge in [-0.25, -0.2) is 9.97 Å². The van der Waals surface area contributed by atoms with Crippen LogP contribution in [0.4, 0.5) is 5.69 Å². The number of hydrogen-bond donors (Lipinski definition) is 1. The molecule has 0 bridgehead atoms. The zero-order valence-electron chi connectivity index (χ0n) is 17.5. The van der Waals surface area contributed by atoms with Crippen LogP contribution < -0.4 is 4.90 Å². The van der Waals surface area contributed by atoms with Gasteiger partial charge in [0.1, 0.15) is 0 Å². The van der Waals surface area contributed by atoms with E-state index in [4.69, 9.17) is 4.74 Å². The number of methoxy groups -OCH3 is 1. The number of amides is 1. The van der Waals surface area contributed by atoms with Crippen LogP contribution in [0.5, 0.6) is 0 Å². The minimum absolute atomic E-state index is 0.322. The summed E-state index contributed by atoms with van der Waals surface area (Å²) in [5.74, 6) is 1.29. The van der Waals surface area contributed by atoms with Crippen LogP contribution in [-0.4, -0.2) is 65.7 Å². The average Bonchev–Trinajstić information content (AvgIpc) is 3.44. The Morgan fingerprint density at radius 2 is 2.00 bits per heavy atom. The molecule has 30 heavy (non-hydrogen) atoms. The number of likely N-dealkylation sites (tertiary alicyclic amines) is 1. The fourth-order valence-corrected chi connectivity index (χ4v) is 5.09. The van der Waals surface area contributed by atoms with E-state index in [1.54, 1.807) is 7.11 Å². The van der Waals surface area contributed by atoms with Gasteiger partial charge in [0.25, 0.3) is 0 Å². The summed E-state index contributed by atoms with van der Waals surface area (Å²) in [6.07, 6.45) is 9.52. The number of carbonyl (C=O) groups is 1. The summed E-state index contributed by atoms with van der Waals surface area (Å²) in [5, 5.41) is 2.28. The first kappa shape index (κ1) is 19.3. The summed E-state index contributed by atoms with van der Waals surface area (Å²) >= 11 is 0. The van der Waals surface area contributed by atoms with Gasteiger partial charge in [-0.2, -0.15) is 0 Å². The van der Waals surface area contributed by atoms with Crippen molar-refractivity contribution < 1.29 is 9.53 Å². The minimum Gasteiger partial charge on any atom is -0.384 e. The highest BCUT2D eigenvalue weighted by molar-refractivity contribution is 6.09. The summed E-state index contributed by atoms with van der Waals surface area (Å²) in [4.78, 5) is 29.4. The lowest BCUT2D eigenvalue weighted by molar-refractivity contribution is -0.131. The normalized spacial score (nSPS) is 20.5. The Hall–Kier alpha value is -2.67. The van der Waals surface area contributed by atoms with Crippen molar-refractivity contribution in [3.8, 4) is 0 Å². The second-order valence-electron chi connectivity index (χ2n) is 8.68. The molecule has 2 aliphatic rings. The molecule has 0 aliphatic carbocycles. The number of ether oxygens (including phenoxy) is 1. The molecular weight excluding hydrogens is 378 g/mol. The zero-order chi connectivity index (χ0) is 20.5. The van der Waals surface area contributed by atoms with Crippen molar-refractivity contribution >= 4 is 33.5 Å². The Kier molecular flexibility index (Phi) is 5.29. The highest BCUT2D eigenvalue weighted by Crippen LogP contribution is 2.34. The van der Waals surface area contributed by atoms with Gasteiger partial charge >= 0.3 is 0 Å². The predicted octanol–water partition coefficient (Wildman–Crippen LogP) is 3.21. The molecule has 2 saturated heterocycles. The van der Waals surface area contributed by atoms with Gasteiger partial charge in [0.05, 0.1) is 18.3 Å². The third-order valence-corrected chi connectivity index (χ3v) is 6.73. The molecule has 3 aromatic rings. The number of nitrogens with zero attached hydrogens (tertiary/aromatic N) is 4. The first-order valence-electron chi connectivity index (χ1n) is 11.0. The number of H-pyrrole nitrogens is 1. The number of aromatic nitrogens is 3. The van der Waals surface area contributed by atoms with Crippen molar-refractivity contribution in [3.05, 3.63) is 30.7 Å². The predicted molar refractivity (Wildman–Crippen MR) is 118 cm³/mol. The molecule has 0 aromatic carbocycles. The van der Waals surface area contributed by atoms with Crippen molar-refractivity contribution in [3.63, 3.8) is 0 Å². The molecule has 7 nitrogen and oxygen atoms in total. The highest BCUT2D eigenvalue weighted by atomic mass is 16.5. The van der Waals surface area contributed by atoms with E-state index in [1.165, 1.54) is 11.1 Å². The SMILES string of the molecule is COCC1CCN(C(=O)CC2CCN(c3cc[nH]c4cnc5nccc5c34)CC2)C1. The Labute approximate surface area is 176 Å². The van der Waals surface area contributed by atoms with Gasteiger partial charge < -0.3 is 19.5 Å². The smallest absolute Gasteiger partial charge is 0.222 e. The van der Waals surface area contributed by atoms with Crippen LogP contribution in [0.2, 0.25) is 0 Å². The number of fused-ring (bicyclic) bond motifs is 3. The van der Waals surface area contributed by atoms with Crippen molar-refractivity contribution in [2.75, 3.05) is 44.8 Å². The second kappa shape index (κ2) is 8.22. The van der Waals surface area contributed by atoms with Crippen LogP contribution in [0, 0.1) is 11.8 Å². The number of piperidine rings is 1. The lowest BCUT2D eigenvalue weighted by atomic mass is 9.92. The Balaban J connectivity index is 1.25. The molecule has 3 aromatic heterocycles. The average molecular weight is 408 g/mol. The standard InChI is InChI=1S/C23H29N5O2/c1-30-15-17-6-11-28(14-17)21(29)12-16-4-9-27(10-5-16)20-3-8-24-19-13-26-23-18(22(19)20)2-7-25-23/h2-3,7-8,13,16-17,24H,4-6,9-12,14-15H2,1H3. The molecule has 2 fully saturated rings. The molecule has 5 rings (SSSR count). The molecule has 2 aliphatic heterocycles. The molecule has 1 atom stereocenters. The number of anilines is 1. The summed E-state index contributed by atoms with van der Waals surface area (Å²) in [7, 11) is 1.74. The number of nitrogens with one attached hydrogen (secondary N) is 1. The van der Waals surface area contributed by atoms with Crippen molar-refractivity contribution in [2.45, 2.75) is 25.7 Å². The summed E-state index contributed by atoms with van der Waals surface area (Å²) in [6, 6.07) is 4.20. The first-order chi connectivity index (χ1) is 14.7. The third-order valence-electron chi connectivity index (χ3n) is 6.73. The molecule has 1 unspecified atom stereocenters. The van der Waals surface area contributed by atoms with Gasteiger partial charge in [0.15, 0.2) is 5.65 Å². The molecule has 1 amide bonds. The van der Waals surface area contributed by atoms with Crippen molar-refractivity contribution in [2.24, 2.45) is 11.8 Å². The molecule has 0 radical (unpaired) electrons. The number of rotatable bonds is 5. The van der Waals surface area contributed by atoms with E-state index in [0.717, 1.165) is 68.6 Å². The largest absolute Gasteiger partial charge is 0.384 e. The Bertz CT molecular complexity index is 1040. The van der Waals surface area contributed by atoms with Crippen molar-refractivity contribution in [1.29, 1.82) is 0 Å². The van der Waals surface area contributed by atoms with Gasteiger partial charge in [0, 0.05) is 74.5 Å². The molecule has 7 heteroatoms. The quantitative estimate of drug-likeness (QED) is 0.703. The Morgan fingerprint density at radius 3 is 2.83 bits per heavy atom. The lowest BCUT2D eigenvalue weighted by Crippen LogP contribution is -2.37. The van der Waals surface area contributed by atoms with Crippen molar-refractivity contribution in [1.82, 2.24) is 19.9 Å². The molecule has 5 heterocycles. The molecule has 1 N–H and O–H groups in total. The maximum Gasteiger partial charge on any atom is 0.222 e. The third kappa shape index (κ3) is 3.62. The van der Waals surface area contributed by atoms with Crippen LogP contribution in [0.1, 0.15) is 25.7 Å². The summed E-state index contributed by atoms with van der Waals surface area (Å²) < 4.78 is 5.26. The fourth-order valence-electron chi connectivity index (χ4n) is 5.09. The van der Waals surface area contributed by atoms with Gasteiger partial charge in [-0.05, 0) is 37.3 Å². The van der Waals surface area contributed by atoms with Gasteiger partial charge in [-0.1, -0.05) is 0 Å².